The van der Waals surface area contributed by atoms with E-state index in [0.717, 1.165) is 16.5 Å². The molecular weight excluding hydrogens is 352 g/mol. The van der Waals surface area contributed by atoms with Gasteiger partial charge in [-0.15, -0.1) is 0 Å². The zero-order valence-electron chi connectivity index (χ0n) is 14.3. The second-order valence-electron chi connectivity index (χ2n) is 5.98. The van der Waals surface area contributed by atoms with Gasteiger partial charge in [0.1, 0.15) is 6.04 Å². The van der Waals surface area contributed by atoms with Gasteiger partial charge in [-0.05, 0) is 37.1 Å². The molecule has 1 unspecified atom stereocenters. The zero-order chi connectivity index (χ0) is 18.5. The van der Waals surface area contributed by atoms with Gasteiger partial charge in [0.15, 0.2) is 5.69 Å². The highest BCUT2D eigenvalue weighted by Gasteiger charge is 2.19. The van der Waals surface area contributed by atoms with Gasteiger partial charge < -0.3 is 10.6 Å². The minimum Gasteiger partial charge on any atom is -0.354 e. The summed E-state index contributed by atoms with van der Waals surface area (Å²) >= 11 is 5.85. The van der Waals surface area contributed by atoms with E-state index in [-0.39, 0.29) is 17.5 Å². The fraction of sp³-hybridized carbons (Fsp3) is 0.211. The summed E-state index contributed by atoms with van der Waals surface area (Å²) in [6.07, 6.45) is 0.688. The van der Waals surface area contributed by atoms with Gasteiger partial charge in [-0.2, -0.15) is 5.10 Å². The molecule has 0 radical (unpaired) electrons. The van der Waals surface area contributed by atoms with Crippen LogP contribution in [-0.4, -0.2) is 34.6 Å². The topological polar surface area (TPSA) is 86.9 Å². The average molecular weight is 371 g/mol. The molecule has 7 heteroatoms. The summed E-state index contributed by atoms with van der Waals surface area (Å²) in [6.45, 7) is 2.12. The summed E-state index contributed by atoms with van der Waals surface area (Å²) in [5.74, 6) is -0.630. The molecular formula is C19H19ClN4O2. The summed E-state index contributed by atoms with van der Waals surface area (Å²) in [6, 6.07) is 14.1. The van der Waals surface area contributed by atoms with Gasteiger partial charge >= 0.3 is 0 Å². The van der Waals surface area contributed by atoms with E-state index < -0.39 is 6.04 Å². The Labute approximate surface area is 155 Å². The predicted octanol–water partition coefficient (Wildman–Crippen LogP) is 2.69. The molecule has 0 saturated heterocycles. The molecule has 1 atom stereocenters. The summed E-state index contributed by atoms with van der Waals surface area (Å²) in [5.41, 5.74) is 2.13. The van der Waals surface area contributed by atoms with Gasteiger partial charge in [-0.3, -0.25) is 14.7 Å². The Bertz CT molecular complexity index is 921. The number of fused-ring (bicyclic) bond motifs is 1. The van der Waals surface area contributed by atoms with Crippen LogP contribution in [0.2, 0.25) is 5.02 Å². The summed E-state index contributed by atoms with van der Waals surface area (Å²) in [7, 11) is 0. The van der Waals surface area contributed by atoms with Crippen LogP contribution in [0.4, 0.5) is 0 Å². The van der Waals surface area contributed by atoms with Crippen LogP contribution in [0.5, 0.6) is 0 Å². The van der Waals surface area contributed by atoms with Crippen LogP contribution in [0.15, 0.2) is 48.5 Å². The first-order valence-corrected chi connectivity index (χ1v) is 8.68. The maximum Gasteiger partial charge on any atom is 0.273 e. The number of aromatic nitrogens is 2. The molecule has 0 aliphatic heterocycles. The molecule has 0 aliphatic rings. The first-order valence-electron chi connectivity index (χ1n) is 8.30. The van der Waals surface area contributed by atoms with E-state index in [4.69, 9.17) is 11.6 Å². The third kappa shape index (κ3) is 4.21. The molecule has 1 aromatic heterocycles. The van der Waals surface area contributed by atoms with Crippen LogP contribution < -0.4 is 10.6 Å². The smallest absolute Gasteiger partial charge is 0.273 e. The number of amides is 2. The van der Waals surface area contributed by atoms with E-state index in [1.807, 2.05) is 48.5 Å². The number of carbonyl (C=O) groups is 2. The van der Waals surface area contributed by atoms with Crippen molar-refractivity contribution in [2.75, 3.05) is 6.54 Å². The quantitative estimate of drug-likeness (QED) is 0.623. The molecule has 134 valence electrons. The Morgan fingerprint density at radius 3 is 2.65 bits per heavy atom. The van der Waals surface area contributed by atoms with E-state index in [1.54, 1.807) is 6.92 Å². The number of aromatic amines is 1. The Kier molecular flexibility index (Phi) is 5.53. The molecule has 3 N–H and O–H groups in total. The zero-order valence-corrected chi connectivity index (χ0v) is 15.0. The van der Waals surface area contributed by atoms with Crippen LogP contribution in [0.1, 0.15) is 23.0 Å². The number of hydrogen-bond donors (Lipinski definition) is 3. The standard InChI is InChI=1S/C19H19ClN4O2/c1-12(18(25)21-11-10-13-6-8-14(20)9-7-13)22-19(26)17-15-4-2-3-5-16(15)23-24-17/h2-9,12H,10-11H2,1H3,(H,21,25)(H,22,26)(H,23,24). The number of benzene rings is 2. The molecule has 0 aliphatic carbocycles. The maximum atomic E-state index is 12.4. The van der Waals surface area contributed by atoms with Gasteiger partial charge in [0.25, 0.3) is 5.91 Å². The molecule has 1 heterocycles. The SMILES string of the molecule is CC(NC(=O)c1n[nH]c2ccccc12)C(=O)NCCc1ccc(Cl)cc1. The third-order valence-electron chi connectivity index (χ3n) is 4.05. The van der Waals surface area contributed by atoms with E-state index in [2.05, 4.69) is 20.8 Å². The van der Waals surface area contributed by atoms with Gasteiger partial charge in [0.2, 0.25) is 5.91 Å². The van der Waals surface area contributed by atoms with Gasteiger partial charge in [-0.1, -0.05) is 41.9 Å². The van der Waals surface area contributed by atoms with Crippen LogP contribution in [0.3, 0.4) is 0 Å². The normalized spacial score (nSPS) is 11.9. The molecule has 2 aromatic carbocycles. The molecule has 2 amide bonds. The second kappa shape index (κ2) is 8.01. The van der Waals surface area contributed by atoms with Gasteiger partial charge in [-0.25, -0.2) is 0 Å². The van der Waals surface area contributed by atoms with Crippen molar-refractivity contribution < 1.29 is 9.59 Å². The van der Waals surface area contributed by atoms with Crippen LogP contribution in [0.25, 0.3) is 10.9 Å². The number of nitrogens with one attached hydrogen (secondary N) is 3. The highest BCUT2D eigenvalue weighted by molar-refractivity contribution is 6.30. The number of carbonyl (C=O) groups excluding carboxylic acids is 2. The lowest BCUT2D eigenvalue weighted by molar-refractivity contribution is -0.122. The molecule has 3 rings (SSSR count). The summed E-state index contributed by atoms with van der Waals surface area (Å²) < 4.78 is 0. The van der Waals surface area contributed by atoms with Crippen molar-refractivity contribution in [2.24, 2.45) is 0 Å². The molecule has 0 spiro atoms. The minimum atomic E-state index is -0.664. The van der Waals surface area contributed by atoms with E-state index in [9.17, 15) is 9.59 Å². The third-order valence-corrected chi connectivity index (χ3v) is 4.30. The summed E-state index contributed by atoms with van der Waals surface area (Å²) in [4.78, 5) is 24.6. The van der Waals surface area contributed by atoms with Crippen LogP contribution >= 0.6 is 11.6 Å². The molecule has 0 saturated carbocycles. The highest BCUT2D eigenvalue weighted by Crippen LogP contribution is 2.15. The highest BCUT2D eigenvalue weighted by atomic mass is 35.5. The molecule has 6 nitrogen and oxygen atoms in total. The largest absolute Gasteiger partial charge is 0.354 e. The molecule has 0 fully saturated rings. The number of para-hydroxylation sites is 1. The molecule has 0 bridgehead atoms. The lowest BCUT2D eigenvalue weighted by Gasteiger charge is -2.13. The van der Waals surface area contributed by atoms with E-state index in [1.165, 1.54) is 0 Å². The number of hydrogen-bond acceptors (Lipinski definition) is 3. The Hall–Kier alpha value is -2.86. The van der Waals surface area contributed by atoms with Gasteiger partial charge in [0, 0.05) is 17.0 Å². The van der Waals surface area contributed by atoms with E-state index in [0.29, 0.717) is 18.0 Å². The number of nitrogens with zero attached hydrogens (tertiary/aromatic N) is 1. The number of H-pyrrole nitrogens is 1. The maximum absolute atomic E-state index is 12.4. The predicted molar refractivity (Wildman–Crippen MR) is 101 cm³/mol. The Morgan fingerprint density at radius 2 is 1.88 bits per heavy atom. The lowest BCUT2D eigenvalue weighted by Crippen LogP contribution is -2.45. The Balaban J connectivity index is 1.52. The first-order chi connectivity index (χ1) is 12.5. The van der Waals surface area contributed by atoms with Crippen molar-refractivity contribution in [2.45, 2.75) is 19.4 Å². The van der Waals surface area contributed by atoms with Crippen molar-refractivity contribution >= 4 is 34.3 Å². The number of halogens is 1. The fourth-order valence-electron chi connectivity index (χ4n) is 2.60. The van der Waals surface area contributed by atoms with Crippen molar-refractivity contribution in [3.63, 3.8) is 0 Å². The first kappa shape index (κ1) is 17.9. The van der Waals surface area contributed by atoms with Gasteiger partial charge in [0.05, 0.1) is 5.52 Å². The summed E-state index contributed by atoms with van der Waals surface area (Å²) in [5, 5.41) is 13.7. The van der Waals surface area contributed by atoms with Crippen molar-refractivity contribution in [3.05, 3.63) is 64.8 Å². The molecule has 26 heavy (non-hydrogen) atoms. The van der Waals surface area contributed by atoms with Crippen molar-refractivity contribution in [3.8, 4) is 0 Å². The molecule has 3 aromatic rings. The monoisotopic (exact) mass is 370 g/mol. The van der Waals surface area contributed by atoms with Crippen molar-refractivity contribution in [1.82, 2.24) is 20.8 Å². The van der Waals surface area contributed by atoms with E-state index >= 15 is 0 Å². The number of rotatable bonds is 6. The van der Waals surface area contributed by atoms with Crippen molar-refractivity contribution in [1.29, 1.82) is 0 Å². The lowest BCUT2D eigenvalue weighted by atomic mass is 10.1. The minimum absolute atomic E-state index is 0.243. The fourth-order valence-corrected chi connectivity index (χ4v) is 2.73. The second-order valence-corrected chi connectivity index (χ2v) is 6.42. The van der Waals surface area contributed by atoms with Crippen LogP contribution in [-0.2, 0) is 11.2 Å². The Morgan fingerprint density at radius 1 is 1.15 bits per heavy atom. The van der Waals surface area contributed by atoms with Crippen LogP contribution in [0, 0.1) is 0 Å². The average Bonchev–Trinajstić information content (AvgIpc) is 3.07.